The third-order valence-corrected chi connectivity index (χ3v) is 3.27. The minimum atomic E-state index is -0.823. The van der Waals surface area contributed by atoms with Crippen molar-refractivity contribution < 1.29 is 14.7 Å². The molecule has 1 amide bonds. The van der Waals surface area contributed by atoms with E-state index >= 15 is 0 Å². The van der Waals surface area contributed by atoms with E-state index in [0.29, 0.717) is 23.6 Å². The van der Waals surface area contributed by atoms with Crippen LogP contribution in [0.25, 0.3) is 0 Å². The lowest BCUT2D eigenvalue weighted by atomic mass is 10.1. The van der Waals surface area contributed by atoms with E-state index in [4.69, 9.17) is 16.7 Å². The summed E-state index contributed by atoms with van der Waals surface area (Å²) in [6.45, 7) is 5.82. The third-order valence-electron chi connectivity index (χ3n) is 3.07. The van der Waals surface area contributed by atoms with Crippen LogP contribution in [0.4, 0.5) is 0 Å². The Bertz CT molecular complexity index is 518. The van der Waals surface area contributed by atoms with Crippen LogP contribution in [-0.4, -0.2) is 28.0 Å². The van der Waals surface area contributed by atoms with Crippen molar-refractivity contribution in [2.75, 3.05) is 0 Å². The maximum atomic E-state index is 12.2. The summed E-state index contributed by atoms with van der Waals surface area (Å²) in [5, 5.41) is 11.7. The standard InChI is InChI=1S/C15H21ClN2O3/c1-9(2)12-7-11(8-13(16)18-12)15(21)17-10(3)5-4-6-14(19)20/h7-10H,4-6H2,1-3H3,(H,17,21)(H,19,20). The number of halogens is 1. The van der Waals surface area contributed by atoms with Gasteiger partial charge in [0.1, 0.15) is 5.15 Å². The van der Waals surface area contributed by atoms with Crippen molar-refractivity contribution in [1.82, 2.24) is 10.3 Å². The quantitative estimate of drug-likeness (QED) is 0.758. The van der Waals surface area contributed by atoms with E-state index in [1.807, 2.05) is 20.8 Å². The molecule has 2 N–H and O–H groups in total. The number of hydrogen-bond acceptors (Lipinski definition) is 3. The number of carbonyl (C=O) groups excluding carboxylic acids is 1. The van der Waals surface area contributed by atoms with E-state index in [2.05, 4.69) is 10.3 Å². The molecule has 0 bridgehead atoms. The van der Waals surface area contributed by atoms with Crippen LogP contribution in [0.15, 0.2) is 12.1 Å². The van der Waals surface area contributed by atoms with Crippen LogP contribution >= 0.6 is 11.6 Å². The lowest BCUT2D eigenvalue weighted by molar-refractivity contribution is -0.137. The largest absolute Gasteiger partial charge is 0.481 e. The van der Waals surface area contributed by atoms with Crippen molar-refractivity contribution in [2.24, 2.45) is 0 Å². The molecule has 5 nitrogen and oxygen atoms in total. The first-order valence-corrected chi connectivity index (χ1v) is 7.37. The summed E-state index contributed by atoms with van der Waals surface area (Å²) in [7, 11) is 0. The first kappa shape index (κ1) is 17.4. The Labute approximate surface area is 129 Å². The summed E-state index contributed by atoms with van der Waals surface area (Å²) < 4.78 is 0. The Kier molecular flexibility index (Phi) is 6.62. The van der Waals surface area contributed by atoms with E-state index < -0.39 is 5.97 Å². The van der Waals surface area contributed by atoms with Gasteiger partial charge >= 0.3 is 5.97 Å². The number of aliphatic carboxylic acids is 1. The topological polar surface area (TPSA) is 79.3 Å². The van der Waals surface area contributed by atoms with Gasteiger partial charge in [0, 0.05) is 23.7 Å². The zero-order valence-corrected chi connectivity index (χ0v) is 13.3. The Morgan fingerprint density at radius 3 is 2.57 bits per heavy atom. The summed E-state index contributed by atoms with van der Waals surface area (Å²) in [5.74, 6) is -0.858. The van der Waals surface area contributed by atoms with E-state index in [0.717, 1.165) is 5.69 Å². The fourth-order valence-electron chi connectivity index (χ4n) is 1.88. The third kappa shape index (κ3) is 6.12. The zero-order valence-electron chi connectivity index (χ0n) is 12.5. The highest BCUT2D eigenvalue weighted by molar-refractivity contribution is 6.29. The van der Waals surface area contributed by atoms with Crippen molar-refractivity contribution in [1.29, 1.82) is 0 Å². The number of carboxylic acids is 1. The molecule has 0 saturated heterocycles. The van der Waals surface area contributed by atoms with E-state index in [1.54, 1.807) is 6.07 Å². The van der Waals surface area contributed by atoms with Crippen molar-refractivity contribution in [3.05, 3.63) is 28.5 Å². The molecule has 1 rings (SSSR count). The Hall–Kier alpha value is -1.62. The van der Waals surface area contributed by atoms with Crippen LogP contribution in [0.2, 0.25) is 5.15 Å². The first-order chi connectivity index (χ1) is 9.79. The number of carboxylic acid groups (broad SMARTS) is 1. The normalized spacial score (nSPS) is 12.2. The second kappa shape index (κ2) is 7.98. The molecule has 1 atom stereocenters. The maximum absolute atomic E-state index is 12.2. The molecule has 116 valence electrons. The fourth-order valence-corrected chi connectivity index (χ4v) is 2.10. The van der Waals surface area contributed by atoms with Crippen molar-refractivity contribution in [3.8, 4) is 0 Å². The van der Waals surface area contributed by atoms with Crippen LogP contribution in [-0.2, 0) is 4.79 Å². The Morgan fingerprint density at radius 1 is 1.33 bits per heavy atom. The Balaban J connectivity index is 2.64. The Morgan fingerprint density at radius 2 is 2.00 bits per heavy atom. The summed E-state index contributed by atoms with van der Waals surface area (Å²) in [4.78, 5) is 26.8. The molecule has 0 spiro atoms. The van der Waals surface area contributed by atoms with Gasteiger partial charge < -0.3 is 10.4 Å². The van der Waals surface area contributed by atoms with Crippen LogP contribution in [0, 0.1) is 0 Å². The van der Waals surface area contributed by atoms with Gasteiger partial charge in [0.2, 0.25) is 0 Å². The minimum Gasteiger partial charge on any atom is -0.481 e. The predicted octanol–water partition coefficient (Wildman–Crippen LogP) is 3.23. The van der Waals surface area contributed by atoms with Gasteiger partial charge in [0.15, 0.2) is 0 Å². The van der Waals surface area contributed by atoms with Gasteiger partial charge in [-0.15, -0.1) is 0 Å². The monoisotopic (exact) mass is 312 g/mol. The number of rotatable bonds is 7. The number of pyridine rings is 1. The number of nitrogens with zero attached hydrogens (tertiary/aromatic N) is 1. The number of aromatic nitrogens is 1. The molecule has 0 saturated carbocycles. The number of carbonyl (C=O) groups is 2. The van der Waals surface area contributed by atoms with Gasteiger partial charge in [-0.1, -0.05) is 25.4 Å². The summed E-state index contributed by atoms with van der Waals surface area (Å²) >= 11 is 5.94. The number of amides is 1. The summed E-state index contributed by atoms with van der Waals surface area (Å²) in [6, 6.07) is 3.18. The van der Waals surface area contributed by atoms with Crippen molar-refractivity contribution >= 4 is 23.5 Å². The summed E-state index contributed by atoms with van der Waals surface area (Å²) in [5.41, 5.74) is 1.25. The summed E-state index contributed by atoms with van der Waals surface area (Å²) in [6.07, 6.45) is 1.26. The molecule has 6 heteroatoms. The average Bonchev–Trinajstić information content (AvgIpc) is 2.37. The highest BCUT2D eigenvalue weighted by atomic mass is 35.5. The SMILES string of the molecule is CC(CCCC(=O)O)NC(=O)c1cc(Cl)nc(C(C)C)c1. The van der Waals surface area contributed by atoms with E-state index in [-0.39, 0.29) is 24.3 Å². The van der Waals surface area contributed by atoms with Gasteiger partial charge in [-0.3, -0.25) is 9.59 Å². The van der Waals surface area contributed by atoms with Gasteiger partial charge in [-0.05, 0) is 37.8 Å². The van der Waals surface area contributed by atoms with Gasteiger partial charge in [0.25, 0.3) is 5.91 Å². The molecular weight excluding hydrogens is 292 g/mol. The molecule has 0 aromatic carbocycles. The molecule has 0 aliphatic carbocycles. The molecule has 21 heavy (non-hydrogen) atoms. The molecular formula is C15H21ClN2O3. The molecule has 0 fully saturated rings. The van der Waals surface area contributed by atoms with Crippen molar-refractivity contribution in [2.45, 2.75) is 52.0 Å². The van der Waals surface area contributed by atoms with Crippen molar-refractivity contribution in [3.63, 3.8) is 0 Å². The smallest absolute Gasteiger partial charge is 0.303 e. The van der Waals surface area contributed by atoms with Crippen LogP contribution in [0.1, 0.15) is 62.0 Å². The lowest BCUT2D eigenvalue weighted by Gasteiger charge is -2.14. The van der Waals surface area contributed by atoms with Crippen LogP contribution < -0.4 is 5.32 Å². The van der Waals surface area contributed by atoms with E-state index in [1.165, 1.54) is 6.07 Å². The minimum absolute atomic E-state index is 0.0914. The van der Waals surface area contributed by atoms with Gasteiger partial charge in [-0.2, -0.15) is 0 Å². The zero-order chi connectivity index (χ0) is 16.0. The highest BCUT2D eigenvalue weighted by Gasteiger charge is 2.13. The number of nitrogens with one attached hydrogen (secondary N) is 1. The van der Waals surface area contributed by atoms with Gasteiger partial charge in [-0.25, -0.2) is 4.98 Å². The highest BCUT2D eigenvalue weighted by Crippen LogP contribution is 2.18. The molecule has 0 aliphatic rings. The average molecular weight is 313 g/mol. The van der Waals surface area contributed by atoms with Crippen LogP contribution in [0.3, 0.4) is 0 Å². The molecule has 0 radical (unpaired) electrons. The predicted molar refractivity (Wildman–Crippen MR) is 81.8 cm³/mol. The van der Waals surface area contributed by atoms with Crippen LogP contribution in [0.5, 0.6) is 0 Å². The molecule has 1 heterocycles. The number of hydrogen-bond donors (Lipinski definition) is 2. The van der Waals surface area contributed by atoms with E-state index in [9.17, 15) is 9.59 Å². The molecule has 1 unspecified atom stereocenters. The molecule has 1 aromatic rings. The molecule has 1 aromatic heterocycles. The lowest BCUT2D eigenvalue weighted by Crippen LogP contribution is -2.32. The van der Waals surface area contributed by atoms with Gasteiger partial charge in [0.05, 0.1) is 0 Å². The second-order valence-corrected chi connectivity index (χ2v) is 5.81. The molecule has 0 aliphatic heterocycles. The fraction of sp³-hybridized carbons (Fsp3) is 0.533. The second-order valence-electron chi connectivity index (χ2n) is 5.42. The first-order valence-electron chi connectivity index (χ1n) is 6.99. The maximum Gasteiger partial charge on any atom is 0.303 e.